The lowest BCUT2D eigenvalue weighted by Gasteiger charge is -2.34. The van der Waals surface area contributed by atoms with Gasteiger partial charge in [-0.25, -0.2) is 0 Å². The maximum Gasteiger partial charge on any atom is 0.157 e. The Morgan fingerprint density at radius 1 is 1.03 bits per heavy atom. The van der Waals surface area contributed by atoms with E-state index in [1.54, 1.807) is 12.1 Å². The first kappa shape index (κ1) is 25.5. The van der Waals surface area contributed by atoms with Crippen molar-refractivity contribution < 1.29 is 14.6 Å². The van der Waals surface area contributed by atoms with E-state index in [9.17, 15) is 5.11 Å². The molecular formula is C29H35ClN2O3. The summed E-state index contributed by atoms with van der Waals surface area (Å²) in [5.41, 5.74) is 3.35. The summed E-state index contributed by atoms with van der Waals surface area (Å²) in [5.74, 6) is 0.250. The van der Waals surface area contributed by atoms with E-state index in [2.05, 4.69) is 53.5 Å². The number of nitrogens with one attached hydrogen (secondary N) is 1. The van der Waals surface area contributed by atoms with Crippen LogP contribution in [0.15, 0.2) is 78.9 Å². The Morgan fingerprint density at radius 2 is 1.77 bits per heavy atom. The third kappa shape index (κ3) is 7.97. The Morgan fingerprint density at radius 3 is 2.46 bits per heavy atom. The lowest BCUT2D eigenvalue weighted by atomic mass is 10.0. The zero-order valence-electron chi connectivity index (χ0n) is 20.3. The summed E-state index contributed by atoms with van der Waals surface area (Å²) in [6.07, 6.45) is 3.12. The summed E-state index contributed by atoms with van der Waals surface area (Å²) >= 11 is 6.19. The van der Waals surface area contributed by atoms with Gasteiger partial charge in [0.1, 0.15) is 5.75 Å². The van der Waals surface area contributed by atoms with Crippen LogP contribution in [0, 0.1) is 0 Å². The SMILES string of the molecule is C[C@H](COC1CCCCO1)N(Cc1ccccc1)C[C@H](Nc1ccc(O)cc1)c1ccc(Cl)cc1. The fraction of sp³-hybridized carbons (Fsp3) is 0.379. The van der Waals surface area contributed by atoms with Crippen molar-refractivity contribution in [2.75, 3.05) is 25.1 Å². The number of anilines is 1. The van der Waals surface area contributed by atoms with Crippen LogP contribution in [0.4, 0.5) is 5.69 Å². The number of halogens is 1. The molecule has 0 radical (unpaired) electrons. The Balaban J connectivity index is 1.53. The van der Waals surface area contributed by atoms with Gasteiger partial charge < -0.3 is 19.9 Å². The Labute approximate surface area is 213 Å². The zero-order valence-corrected chi connectivity index (χ0v) is 21.0. The van der Waals surface area contributed by atoms with E-state index in [0.717, 1.165) is 50.2 Å². The van der Waals surface area contributed by atoms with Crippen LogP contribution < -0.4 is 5.32 Å². The molecule has 5 nitrogen and oxygen atoms in total. The predicted molar refractivity (Wildman–Crippen MR) is 142 cm³/mol. The minimum atomic E-state index is -0.105. The summed E-state index contributed by atoms with van der Waals surface area (Å²) in [7, 11) is 0. The highest BCUT2D eigenvalue weighted by atomic mass is 35.5. The standard InChI is InChI=1S/C29H35ClN2O3/c1-22(21-35-29-9-5-6-18-34-29)32(19-23-7-3-2-4-8-23)20-28(24-10-12-25(30)13-11-24)31-26-14-16-27(33)17-15-26/h2-4,7-8,10-17,22,28-29,31,33H,5-6,9,18-21H2,1H3/t22-,28+,29?/m1/s1. The molecule has 0 bridgehead atoms. The van der Waals surface area contributed by atoms with Crippen LogP contribution in [0.25, 0.3) is 0 Å². The second-order valence-corrected chi connectivity index (χ2v) is 9.63. The van der Waals surface area contributed by atoms with E-state index in [-0.39, 0.29) is 24.1 Å². The quantitative estimate of drug-likeness (QED) is 0.293. The minimum absolute atomic E-state index is 0.00824. The number of nitrogens with zero attached hydrogens (tertiary/aromatic N) is 1. The van der Waals surface area contributed by atoms with Crippen molar-refractivity contribution >= 4 is 17.3 Å². The average Bonchev–Trinajstić information content (AvgIpc) is 2.89. The van der Waals surface area contributed by atoms with Crippen LogP contribution in [0.2, 0.25) is 5.02 Å². The van der Waals surface area contributed by atoms with E-state index in [4.69, 9.17) is 21.1 Å². The van der Waals surface area contributed by atoms with Crippen molar-refractivity contribution in [2.24, 2.45) is 0 Å². The van der Waals surface area contributed by atoms with E-state index < -0.39 is 0 Å². The Bertz CT molecular complexity index is 1010. The summed E-state index contributed by atoms with van der Waals surface area (Å²) in [6, 6.07) is 25.9. The molecule has 0 aliphatic carbocycles. The molecule has 1 aliphatic heterocycles. The third-order valence-electron chi connectivity index (χ3n) is 6.41. The van der Waals surface area contributed by atoms with E-state index in [1.807, 2.05) is 30.3 Å². The molecule has 2 N–H and O–H groups in total. The molecule has 6 heteroatoms. The van der Waals surface area contributed by atoms with Gasteiger partial charge in [0.05, 0.1) is 12.6 Å². The van der Waals surface area contributed by atoms with Gasteiger partial charge >= 0.3 is 0 Å². The normalized spacial score (nSPS) is 17.7. The van der Waals surface area contributed by atoms with Gasteiger partial charge in [-0.2, -0.15) is 0 Å². The Hall–Kier alpha value is -2.57. The highest BCUT2D eigenvalue weighted by Gasteiger charge is 2.23. The van der Waals surface area contributed by atoms with Crippen molar-refractivity contribution in [2.45, 2.75) is 51.1 Å². The zero-order chi connectivity index (χ0) is 24.5. The first-order chi connectivity index (χ1) is 17.1. The van der Waals surface area contributed by atoms with E-state index in [0.29, 0.717) is 11.6 Å². The van der Waals surface area contributed by atoms with Crippen LogP contribution in [-0.4, -0.2) is 42.1 Å². The summed E-state index contributed by atoms with van der Waals surface area (Å²) < 4.78 is 12.0. The van der Waals surface area contributed by atoms with Crippen LogP contribution in [0.3, 0.4) is 0 Å². The Kier molecular flexibility index (Phi) is 9.43. The van der Waals surface area contributed by atoms with Gasteiger partial charge in [0, 0.05) is 36.4 Å². The molecule has 4 rings (SSSR count). The molecule has 1 saturated heterocycles. The summed E-state index contributed by atoms with van der Waals surface area (Å²) in [5, 5.41) is 14.1. The van der Waals surface area contributed by atoms with Crippen molar-refractivity contribution in [3.05, 3.63) is 95.0 Å². The smallest absolute Gasteiger partial charge is 0.157 e. The molecule has 3 aromatic carbocycles. The van der Waals surface area contributed by atoms with E-state index in [1.165, 1.54) is 5.56 Å². The lowest BCUT2D eigenvalue weighted by Crippen LogP contribution is -2.41. The van der Waals surface area contributed by atoms with Gasteiger partial charge in [0.25, 0.3) is 0 Å². The van der Waals surface area contributed by atoms with Crippen molar-refractivity contribution in [1.29, 1.82) is 0 Å². The van der Waals surface area contributed by atoms with Gasteiger partial charge in [-0.15, -0.1) is 0 Å². The van der Waals surface area contributed by atoms with Gasteiger partial charge in [0.2, 0.25) is 0 Å². The number of rotatable bonds is 11. The van der Waals surface area contributed by atoms with Crippen LogP contribution in [0.5, 0.6) is 5.75 Å². The average molecular weight is 495 g/mol. The third-order valence-corrected chi connectivity index (χ3v) is 6.66. The van der Waals surface area contributed by atoms with E-state index >= 15 is 0 Å². The number of ether oxygens (including phenoxy) is 2. The van der Waals surface area contributed by atoms with Crippen LogP contribution in [0.1, 0.15) is 43.4 Å². The molecule has 186 valence electrons. The number of hydrogen-bond donors (Lipinski definition) is 2. The molecule has 1 fully saturated rings. The van der Waals surface area contributed by atoms with Gasteiger partial charge in [-0.3, -0.25) is 4.90 Å². The maximum atomic E-state index is 9.71. The van der Waals surface area contributed by atoms with Crippen molar-refractivity contribution in [3.63, 3.8) is 0 Å². The molecule has 1 heterocycles. The fourth-order valence-corrected chi connectivity index (χ4v) is 4.46. The van der Waals surface area contributed by atoms with Gasteiger partial charge in [0.15, 0.2) is 6.29 Å². The topological polar surface area (TPSA) is 54.0 Å². The van der Waals surface area contributed by atoms with Crippen LogP contribution >= 0.6 is 11.6 Å². The van der Waals surface area contributed by atoms with Crippen molar-refractivity contribution in [3.8, 4) is 5.75 Å². The van der Waals surface area contributed by atoms with Crippen molar-refractivity contribution in [1.82, 2.24) is 4.90 Å². The molecular weight excluding hydrogens is 460 g/mol. The number of hydrogen-bond acceptors (Lipinski definition) is 5. The minimum Gasteiger partial charge on any atom is -0.508 e. The first-order valence-electron chi connectivity index (χ1n) is 12.4. The van der Waals surface area contributed by atoms with Crippen LogP contribution in [-0.2, 0) is 16.0 Å². The molecule has 1 aliphatic rings. The second-order valence-electron chi connectivity index (χ2n) is 9.19. The molecule has 0 saturated carbocycles. The number of phenols is 1. The number of phenolic OH excluding ortho intramolecular Hbond substituents is 1. The molecule has 35 heavy (non-hydrogen) atoms. The molecule has 3 aromatic rings. The second kappa shape index (κ2) is 12.9. The largest absolute Gasteiger partial charge is 0.508 e. The summed E-state index contributed by atoms with van der Waals surface area (Å²) in [4.78, 5) is 2.45. The summed E-state index contributed by atoms with van der Waals surface area (Å²) in [6.45, 7) is 5.16. The monoisotopic (exact) mass is 494 g/mol. The highest BCUT2D eigenvalue weighted by molar-refractivity contribution is 6.30. The molecule has 0 spiro atoms. The maximum absolute atomic E-state index is 9.71. The predicted octanol–water partition coefficient (Wildman–Crippen LogP) is 6.63. The first-order valence-corrected chi connectivity index (χ1v) is 12.8. The van der Waals surface area contributed by atoms with Gasteiger partial charge in [-0.1, -0.05) is 54.1 Å². The molecule has 3 atom stereocenters. The number of aromatic hydroxyl groups is 1. The molecule has 0 amide bonds. The lowest BCUT2D eigenvalue weighted by molar-refractivity contribution is -0.170. The molecule has 0 aromatic heterocycles. The molecule has 1 unspecified atom stereocenters. The fourth-order valence-electron chi connectivity index (χ4n) is 4.34. The van der Waals surface area contributed by atoms with Gasteiger partial charge in [-0.05, 0) is 73.7 Å². The number of benzene rings is 3. The highest BCUT2D eigenvalue weighted by Crippen LogP contribution is 2.26.